The molecule has 0 radical (unpaired) electrons. The minimum absolute atomic E-state index is 0.823. The van der Waals surface area contributed by atoms with Gasteiger partial charge in [-0.05, 0) is 44.1 Å². The van der Waals surface area contributed by atoms with Crippen LogP contribution in [0.1, 0.15) is 57.5 Å². The zero-order chi connectivity index (χ0) is 15.2. The van der Waals surface area contributed by atoms with Crippen LogP contribution in [-0.2, 0) is 13.0 Å². The molecule has 0 bridgehead atoms. The molecule has 1 aromatic heterocycles. The second-order valence-electron chi connectivity index (χ2n) is 6.47. The third-order valence-corrected chi connectivity index (χ3v) is 5.73. The van der Waals surface area contributed by atoms with E-state index in [1.807, 2.05) is 11.3 Å². The van der Waals surface area contributed by atoms with Crippen molar-refractivity contribution in [3.8, 4) is 0 Å². The van der Waals surface area contributed by atoms with Crippen molar-refractivity contribution in [1.29, 1.82) is 0 Å². The lowest BCUT2D eigenvalue weighted by Crippen LogP contribution is -2.35. The first-order chi connectivity index (χ1) is 10.2. The second-order valence-corrected chi connectivity index (χ2v) is 7.53. The summed E-state index contributed by atoms with van der Waals surface area (Å²) in [6.07, 6.45) is 4.88. The van der Waals surface area contributed by atoms with E-state index in [-0.39, 0.29) is 0 Å². The molecule has 4 heteroatoms. The van der Waals surface area contributed by atoms with Gasteiger partial charge in [0.1, 0.15) is 0 Å². The predicted molar refractivity (Wildman–Crippen MR) is 93.3 cm³/mol. The van der Waals surface area contributed by atoms with Crippen LogP contribution in [0.15, 0.2) is 0 Å². The summed E-state index contributed by atoms with van der Waals surface area (Å²) in [5, 5.41) is 4.77. The lowest BCUT2D eigenvalue weighted by molar-refractivity contribution is 0.311. The van der Waals surface area contributed by atoms with Crippen molar-refractivity contribution in [2.75, 3.05) is 24.5 Å². The molecule has 1 saturated heterocycles. The molecular formula is C17H31N3S. The molecule has 1 aliphatic heterocycles. The Kier molecular flexibility index (Phi) is 6.49. The van der Waals surface area contributed by atoms with Crippen LogP contribution >= 0.6 is 11.3 Å². The highest BCUT2D eigenvalue weighted by molar-refractivity contribution is 7.15. The minimum atomic E-state index is 0.823. The highest BCUT2D eigenvalue weighted by Crippen LogP contribution is 2.32. The lowest BCUT2D eigenvalue weighted by Gasteiger charge is -2.33. The molecule has 0 amide bonds. The van der Waals surface area contributed by atoms with Crippen LogP contribution in [0.2, 0.25) is 0 Å². The Morgan fingerprint density at radius 3 is 2.57 bits per heavy atom. The second kappa shape index (κ2) is 8.14. The topological polar surface area (TPSA) is 28.2 Å². The maximum Gasteiger partial charge on any atom is 0.185 e. The number of rotatable bonds is 7. The fourth-order valence-corrected chi connectivity index (χ4v) is 4.23. The highest BCUT2D eigenvalue weighted by Gasteiger charge is 2.24. The fourth-order valence-electron chi connectivity index (χ4n) is 3.06. The van der Waals surface area contributed by atoms with Gasteiger partial charge < -0.3 is 10.2 Å². The summed E-state index contributed by atoms with van der Waals surface area (Å²) < 4.78 is 0. The van der Waals surface area contributed by atoms with Gasteiger partial charge in [-0.2, -0.15) is 0 Å². The van der Waals surface area contributed by atoms with Crippen molar-refractivity contribution < 1.29 is 0 Å². The maximum atomic E-state index is 4.91. The largest absolute Gasteiger partial charge is 0.348 e. The molecule has 0 unspecified atom stereocenters. The quantitative estimate of drug-likeness (QED) is 0.769. The van der Waals surface area contributed by atoms with E-state index in [0.29, 0.717) is 0 Å². The molecule has 1 fully saturated rings. The lowest BCUT2D eigenvalue weighted by atomic mass is 9.87. The van der Waals surface area contributed by atoms with Gasteiger partial charge in [-0.15, -0.1) is 11.3 Å². The molecule has 3 nitrogen and oxygen atoms in total. The average Bonchev–Trinajstić information content (AvgIpc) is 2.91. The van der Waals surface area contributed by atoms with Crippen molar-refractivity contribution in [2.24, 2.45) is 11.8 Å². The molecule has 1 N–H and O–H groups in total. The van der Waals surface area contributed by atoms with Crippen LogP contribution < -0.4 is 10.2 Å². The van der Waals surface area contributed by atoms with Gasteiger partial charge in [-0.1, -0.05) is 27.7 Å². The normalized spacial score (nSPS) is 16.9. The Bertz CT molecular complexity index is 420. The first-order valence-electron chi connectivity index (χ1n) is 8.59. The fraction of sp³-hybridized carbons (Fsp3) is 0.824. The zero-order valence-electron chi connectivity index (χ0n) is 14.1. The zero-order valence-corrected chi connectivity index (χ0v) is 14.9. The molecule has 0 saturated carbocycles. The van der Waals surface area contributed by atoms with Gasteiger partial charge in [0.15, 0.2) is 5.13 Å². The van der Waals surface area contributed by atoms with E-state index < -0.39 is 0 Å². The van der Waals surface area contributed by atoms with Crippen molar-refractivity contribution >= 4 is 16.5 Å². The Hall–Kier alpha value is -0.610. The Morgan fingerprint density at radius 1 is 1.29 bits per heavy atom. The summed E-state index contributed by atoms with van der Waals surface area (Å²) in [5.74, 6) is 1.72. The predicted octanol–water partition coefficient (Wildman–Crippen LogP) is 4.08. The SMILES string of the molecule is CCCNCc1sc(N2CCC(C(C)C)CC2)nc1CC. The van der Waals surface area contributed by atoms with Gasteiger partial charge in [0.25, 0.3) is 0 Å². The molecule has 0 spiro atoms. The van der Waals surface area contributed by atoms with E-state index in [4.69, 9.17) is 4.98 Å². The Labute approximate surface area is 134 Å². The van der Waals surface area contributed by atoms with Crippen LogP contribution in [-0.4, -0.2) is 24.6 Å². The summed E-state index contributed by atoms with van der Waals surface area (Å²) in [7, 11) is 0. The minimum Gasteiger partial charge on any atom is -0.348 e. The van der Waals surface area contributed by atoms with E-state index in [0.717, 1.165) is 31.3 Å². The van der Waals surface area contributed by atoms with E-state index in [1.54, 1.807) is 0 Å². The van der Waals surface area contributed by atoms with Crippen LogP contribution in [0.5, 0.6) is 0 Å². The maximum absolute atomic E-state index is 4.91. The molecule has 1 aromatic rings. The number of anilines is 1. The summed E-state index contributed by atoms with van der Waals surface area (Å²) in [5.41, 5.74) is 1.30. The average molecular weight is 310 g/mol. The summed E-state index contributed by atoms with van der Waals surface area (Å²) in [6.45, 7) is 13.6. The van der Waals surface area contributed by atoms with E-state index in [9.17, 15) is 0 Å². The van der Waals surface area contributed by atoms with Gasteiger partial charge in [-0.25, -0.2) is 4.98 Å². The van der Waals surface area contributed by atoms with Crippen LogP contribution in [0, 0.1) is 11.8 Å². The van der Waals surface area contributed by atoms with Gasteiger partial charge in [0.2, 0.25) is 0 Å². The highest BCUT2D eigenvalue weighted by atomic mass is 32.1. The Morgan fingerprint density at radius 2 is 2.00 bits per heavy atom. The monoisotopic (exact) mass is 309 g/mol. The summed E-state index contributed by atoms with van der Waals surface area (Å²) in [6, 6.07) is 0. The van der Waals surface area contributed by atoms with E-state index in [1.165, 1.54) is 48.1 Å². The first kappa shape index (κ1) is 16.8. The number of hydrogen-bond donors (Lipinski definition) is 1. The van der Waals surface area contributed by atoms with E-state index in [2.05, 4.69) is 37.9 Å². The van der Waals surface area contributed by atoms with Crippen molar-refractivity contribution in [1.82, 2.24) is 10.3 Å². The third kappa shape index (κ3) is 4.43. The molecule has 21 heavy (non-hydrogen) atoms. The molecule has 0 atom stereocenters. The number of nitrogens with zero attached hydrogens (tertiary/aromatic N) is 2. The standard InChI is InChI=1S/C17H31N3S/c1-5-9-18-12-16-15(6-2)19-17(21-16)20-10-7-14(8-11-20)13(3)4/h13-14,18H,5-12H2,1-4H3. The van der Waals surface area contributed by atoms with Gasteiger partial charge in [0.05, 0.1) is 5.69 Å². The number of aromatic nitrogens is 1. The molecule has 120 valence electrons. The van der Waals surface area contributed by atoms with Crippen molar-refractivity contribution in [3.05, 3.63) is 10.6 Å². The molecular weight excluding hydrogens is 278 g/mol. The smallest absolute Gasteiger partial charge is 0.185 e. The molecule has 0 aliphatic carbocycles. The first-order valence-corrected chi connectivity index (χ1v) is 9.41. The number of aryl methyl sites for hydroxylation is 1. The number of nitrogens with one attached hydrogen (secondary N) is 1. The molecule has 2 heterocycles. The molecule has 2 rings (SSSR count). The summed E-state index contributed by atoms with van der Waals surface area (Å²) >= 11 is 1.90. The Balaban J connectivity index is 1.97. The van der Waals surface area contributed by atoms with Gasteiger partial charge in [-0.3, -0.25) is 0 Å². The van der Waals surface area contributed by atoms with Crippen molar-refractivity contribution in [3.63, 3.8) is 0 Å². The number of piperidine rings is 1. The number of hydrogen-bond acceptors (Lipinski definition) is 4. The van der Waals surface area contributed by atoms with Crippen LogP contribution in [0.4, 0.5) is 5.13 Å². The van der Waals surface area contributed by atoms with Gasteiger partial charge in [0, 0.05) is 24.5 Å². The number of thiazole rings is 1. The van der Waals surface area contributed by atoms with Crippen LogP contribution in [0.25, 0.3) is 0 Å². The third-order valence-electron chi connectivity index (χ3n) is 4.57. The van der Waals surface area contributed by atoms with Crippen LogP contribution in [0.3, 0.4) is 0 Å². The van der Waals surface area contributed by atoms with Crippen molar-refractivity contribution in [2.45, 2.75) is 59.9 Å². The molecule has 1 aliphatic rings. The molecule has 0 aromatic carbocycles. The van der Waals surface area contributed by atoms with Gasteiger partial charge >= 0.3 is 0 Å². The van der Waals surface area contributed by atoms with E-state index >= 15 is 0 Å². The summed E-state index contributed by atoms with van der Waals surface area (Å²) in [4.78, 5) is 8.85.